The average Bonchev–Trinajstić information content (AvgIpc) is 2.60. The van der Waals surface area contributed by atoms with Crippen LogP contribution in [0.25, 0.3) is 0 Å². The third-order valence-corrected chi connectivity index (χ3v) is 5.42. The Morgan fingerprint density at radius 1 is 1.24 bits per heavy atom. The van der Waals surface area contributed by atoms with Gasteiger partial charge >= 0.3 is 5.97 Å². The van der Waals surface area contributed by atoms with Crippen molar-refractivity contribution >= 4 is 27.3 Å². The molecular formula is C17H19N3O4S. The highest BCUT2D eigenvalue weighted by atomic mass is 32.2. The molecule has 1 unspecified atom stereocenters. The van der Waals surface area contributed by atoms with Gasteiger partial charge in [-0.25, -0.2) is 13.2 Å². The minimum absolute atomic E-state index is 0.0614. The first-order valence-electron chi connectivity index (χ1n) is 7.51. The molecule has 1 atom stereocenters. The number of amidine groups is 1. The van der Waals surface area contributed by atoms with E-state index in [1.165, 1.54) is 25.1 Å². The number of sulfone groups is 1. The molecule has 0 fully saturated rings. The molecule has 0 radical (unpaired) electrons. The van der Waals surface area contributed by atoms with E-state index in [1.54, 1.807) is 30.3 Å². The predicted octanol–water partition coefficient (Wildman–Crippen LogP) is 2.00. The molecule has 0 amide bonds. The van der Waals surface area contributed by atoms with Gasteiger partial charge in [-0.1, -0.05) is 19.1 Å². The highest BCUT2D eigenvalue weighted by molar-refractivity contribution is 7.91. The Kier molecular flexibility index (Phi) is 5.43. The Labute approximate surface area is 145 Å². The molecule has 0 heterocycles. The molecule has 5 N–H and O–H groups in total. The van der Waals surface area contributed by atoms with Gasteiger partial charge in [0.15, 0.2) is 15.9 Å². The van der Waals surface area contributed by atoms with Crippen molar-refractivity contribution in [3.05, 3.63) is 59.7 Å². The number of carbonyl (C=O) groups is 1. The number of rotatable bonds is 7. The molecule has 0 saturated heterocycles. The van der Waals surface area contributed by atoms with E-state index >= 15 is 0 Å². The Morgan fingerprint density at radius 3 is 2.40 bits per heavy atom. The van der Waals surface area contributed by atoms with Gasteiger partial charge in [-0.05, 0) is 42.0 Å². The molecule has 0 aliphatic heterocycles. The van der Waals surface area contributed by atoms with Gasteiger partial charge in [0.2, 0.25) is 0 Å². The fraction of sp³-hybridized carbons (Fsp3) is 0.176. The van der Waals surface area contributed by atoms with Gasteiger partial charge in [-0.15, -0.1) is 0 Å². The largest absolute Gasteiger partial charge is 0.479 e. The highest BCUT2D eigenvalue weighted by Gasteiger charge is 2.22. The van der Waals surface area contributed by atoms with Crippen LogP contribution in [0.3, 0.4) is 0 Å². The minimum Gasteiger partial charge on any atom is -0.479 e. The maximum atomic E-state index is 12.0. The van der Waals surface area contributed by atoms with Crippen LogP contribution in [0.4, 0.5) is 5.69 Å². The lowest BCUT2D eigenvalue weighted by atomic mass is 10.1. The van der Waals surface area contributed by atoms with Crippen molar-refractivity contribution in [2.24, 2.45) is 5.73 Å². The SMILES string of the molecule is CCS(=O)(=O)c1cccc(C(Nc2ccc(C(=N)N)cc2)C(=O)O)c1. The molecule has 0 saturated carbocycles. The fourth-order valence-electron chi connectivity index (χ4n) is 2.25. The molecule has 132 valence electrons. The van der Waals surface area contributed by atoms with Crippen LogP contribution < -0.4 is 11.1 Å². The molecule has 2 rings (SSSR count). The zero-order chi connectivity index (χ0) is 18.6. The van der Waals surface area contributed by atoms with Gasteiger partial charge in [0.05, 0.1) is 10.6 Å². The summed E-state index contributed by atoms with van der Waals surface area (Å²) in [5, 5.41) is 19.7. The zero-order valence-corrected chi connectivity index (χ0v) is 14.4. The van der Waals surface area contributed by atoms with E-state index < -0.39 is 21.8 Å². The second-order valence-electron chi connectivity index (χ2n) is 5.38. The predicted molar refractivity (Wildman–Crippen MR) is 95.6 cm³/mol. The van der Waals surface area contributed by atoms with Crippen LogP contribution in [0.15, 0.2) is 53.4 Å². The summed E-state index contributed by atoms with van der Waals surface area (Å²) < 4.78 is 24.0. The number of nitrogens with two attached hydrogens (primary N) is 1. The van der Waals surface area contributed by atoms with Crippen LogP contribution in [-0.4, -0.2) is 31.1 Å². The van der Waals surface area contributed by atoms with Gasteiger partial charge < -0.3 is 16.2 Å². The normalized spacial score (nSPS) is 12.4. The van der Waals surface area contributed by atoms with Gasteiger partial charge in [0, 0.05) is 11.3 Å². The number of nitrogen functional groups attached to an aromatic ring is 1. The molecule has 25 heavy (non-hydrogen) atoms. The van der Waals surface area contributed by atoms with Crippen LogP contribution in [0.2, 0.25) is 0 Å². The summed E-state index contributed by atoms with van der Waals surface area (Å²) in [6.45, 7) is 1.53. The number of hydrogen-bond acceptors (Lipinski definition) is 5. The first-order chi connectivity index (χ1) is 11.7. The summed E-state index contributed by atoms with van der Waals surface area (Å²) >= 11 is 0. The van der Waals surface area contributed by atoms with E-state index in [9.17, 15) is 18.3 Å². The zero-order valence-electron chi connectivity index (χ0n) is 13.6. The first-order valence-corrected chi connectivity index (χ1v) is 9.16. The molecule has 8 heteroatoms. The Bertz CT molecular complexity index is 892. The third-order valence-electron chi connectivity index (χ3n) is 3.68. The van der Waals surface area contributed by atoms with E-state index in [1.807, 2.05) is 0 Å². The lowest BCUT2D eigenvalue weighted by molar-refractivity contribution is -0.138. The van der Waals surface area contributed by atoms with Crippen molar-refractivity contribution in [2.75, 3.05) is 11.1 Å². The van der Waals surface area contributed by atoms with E-state index in [0.717, 1.165) is 0 Å². The van der Waals surface area contributed by atoms with E-state index in [0.29, 0.717) is 16.8 Å². The van der Waals surface area contributed by atoms with Gasteiger partial charge in [0.1, 0.15) is 5.84 Å². The molecule has 0 aliphatic rings. The van der Waals surface area contributed by atoms with Crippen molar-refractivity contribution in [3.8, 4) is 0 Å². The number of carboxylic acid groups (broad SMARTS) is 1. The molecule has 0 spiro atoms. The van der Waals surface area contributed by atoms with Gasteiger partial charge in [0.25, 0.3) is 0 Å². The van der Waals surface area contributed by atoms with Crippen LogP contribution in [-0.2, 0) is 14.6 Å². The number of anilines is 1. The standard InChI is InChI=1S/C17H19N3O4S/c1-2-25(23,24)14-5-3-4-12(10-14)15(17(21)22)20-13-8-6-11(7-9-13)16(18)19/h3-10,15,20H,2H2,1H3,(H3,18,19)(H,21,22). The monoisotopic (exact) mass is 361 g/mol. The fourth-order valence-corrected chi connectivity index (χ4v) is 3.19. The second-order valence-corrected chi connectivity index (χ2v) is 7.66. The topological polar surface area (TPSA) is 133 Å². The molecule has 0 bridgehead atoms. The quantitative estimate of drug-likeness (QED) is 0.440. The van der Waals surface area contributed by atoms with Gasteiger partial charge in [-0.3, -0.25) is 5.41 Å². The van der Waals surface area contributed by atoms with Crippen molar-refractivity contribution in [2.45, 2.75) is 17.9 Å². The Morgan fingerprint density at radius 2 is 1.88 bits per heavy atom. The third kappa shape index (κ3) is 4.36. The average molecular weight is 361 g/mol. The number of nitrogens with one attached hydrogen (secondary N) is 2. The molecular weight excluding hydrogens is 342 g/mol. The number of aliphatic carboxylic acids is 1. The van der Waals surface area contributed by atoms with Crippen molar-refractivity contribution in [1.82, 2.24) is 0 Å². The van der Waals surface area contributed by atoms with E-state index in [-0.39, 0.29) is 16.5 Å². The lowest BCUT2D eigenvalue weighted by Crippen LogP contribution is -2.21. The van der Waals surface area contributed by atoms with Crippen LogP contribution >= 0.6 is 0 Å². The summed E-state index contributed by atoms with van der Waals surface area (Å²) in [5.41, 5.74) is 6.75. The minimum atomic E-state index is -3.43. The lowest BCUT2D eigenvalue weighted by Gasteiger charge is -2.17. The summed E-state index contributed by atoms with van der Waals surface area (Å²) in [6, 6.07) is 11.2. The molecule has 2 aromatic rings. The van der Waals surface area contributed by atoms with Gasteiger partial charge in [-0.2, -0.15) is 0 Å². The smallest absolute Gasteiger partial charge is 0.330 e. The number of benzene rings is 2. The summed E-state index contributed by atoms with van der Waals surface area (Å²) in [4.78, 5) is 11.7. The summed E-state index contributed by atoms with van der Waals surface area (Å²) in [5.74, 6) is -1.28. The molecule has 7 nitrogen and oxygen atoms in total. The van der Waals surface area contributed by atoms with Crippen molar-refractivity contribution in [1.29, 1.82) is 5.41 Å². The Balaban J connectivity index is 2.34. The maximum absolute atomic E-state index is 12.0. The van der Waals surface area contributed by atoms with Crippen LogP contribution in [0, 0.1) is 5.41 Å². The van der Waals surface area contributed by atoms with Crippen LogP contribution in [0.1, 0.15) is 24.1 Å². The Hall–Kier alpha value is -2.87. The van der Waals surface area contributed by atoms with Crippen molar-refractivity contribution < 1.29 is 18.3 Å². The first kappa shape index (κ1) is 18.5. The number of hydrogen-bond donors (Lipinski definition) is 4. The molecule has 0 aromatic heterocycles. The van der Waals surface area contributed by atoms with E-state index in [2.05, 4.69) is 5.32 Å². The summed E-state index contributed by atoms with van der Waals surface area (Å²) in [6.07, 6.45) is 0. The highest BCUT2D eigenvalue weighted by Crippen LogP contribution is 2.23. The van der Waals surface area contributed by atoms with E-state index in [4.69, 9.17) is 11.1 Å². The van der Waals surface area contributed by atoms with Crippen LogP contribution in [0.5, 0.6) is 0 Å². The summed E-state index contributed by atoms with van der Waals surface area (Å²) in [7, 11) is -3.43. The number of carboxylic acids is 1. The molecule has 2 aromatic carbocycles. The second kappa shape index (κ2) is 7.35. The van der Waals surface area contributed by atoms with Crippen molar-refractivity contribution in [3.63, 3.8) is 0 Å². The molecule has 0 aliphatic carbocycles. The maximum Gasteiger partial charge on any atom is 0.330 e.